The predicted octanol–water partition coefficient (Wildman–Crippen LogP) is 0.178. The van der Waals surface area contributed by atoms with Crippen LogP contribution in [-0.4, -0.2) is 17.8 Å². The molecule has 4 nitrogen and oxygen atoms in total. The molecule has 0 aliphatic carbocycles. The number of amides is 1. The Labute approximate surface area is 76.1 Å². The Morgan fingerprint density at radius 2 is 1.92 bits per heavy atom. The van der Waals surface area contributed by atoms with Gasteiger partial charge in [0.25, 0.3) is 5.91 Å². The summed E-state index contributed by atoms with van der Waals surface area (Å²) in [6, 6.07) is 0. The maximum absolute atomic E-state index is 10.6. The molecule has 0 spiro atoms. The lowest BCUT2D eigenvalue weighted by molar-refractivity contribution is -0.114. The summed E-state index contributed by atoms with van der Waals surface area (Å²) in [4.78, 5) is 31.1. The van der Waals surface area contributed by atoms with Gasteiger partial charge in [0.2, 0.25) is 0 Å². The molecule has 0 bridgehead atoms. The molecule has 0 aliphatic heterocycles. The van der Waals surface area contributed by atoms with Gasteiger partial charge < -0.3 is 5.73 Å². The highest BCUT2D eigenvalue weighted by Gasteiger charge is 2.09. The normalized spacial score (nSPS) is 8.38. The summed E-state index contributed by atoms with van der Waals surface area (Å²) in [6.45, 7) is 1.88. The number of nitrogens with two attached hydrogens (primary N) is 1. The topological polar surface area (TPSA) is 77.2 Å². The van der Waals surface area contributed by atoms with E-state index in [0.29, 0.717) is 12.0 Å². The van der Waals surface area contributed by atoms with Crippen LogP contribution in [0.5, 0.6) is 0 Å². The average Bonchev–Trinajstić information content (AvgIpc) is 2.11. The van der Waals surface area contributed by atoms with E-state index in [4.69, 9.17) is 5.73 Å². The number of rotatable bonds is 5. The van der Waals surface area contributed by atoms with Crippen molar-refractivity contribution in [2.45, 2.75) is 26.2 Å². The van der Waals surface area contributed by atoms with Gasteiger partial charge in [-0.25, -0.2) is 9.59 Å². The first-order valence-electron chi connectivity index (χ1n) is 3.92. The Morgan fingerprint density at radius 1 is 1.31 bits per heavy atom. The molecule has 0 heterocycles. The van der Waals surface area contributed by atoms with Crippen molar-refractivity contribution < 1.29 is 14.4 Å². The molecule has 0 aromatic heterocycles. The Bertz CT molecular complexity index is 294. The molecule has 0 radical (unpaired) electrons. The van der Waals surface area contributed by atoms with Gasteiger partial charge in [-0.1, -0.05) is 13.3 Å². The van der Waals surface area contributed by atoms with Gasteiger partial charge in [-0.2, -0.15) is 0 Å². The van der Waals surface area contributed by atoms with E-state index in [1.807, 2.05) is 6.92 Å². The third-order valence-electron chi connectivity index (χ3n) is 1.51. The van der Waals surface area contributed by atoms with Crippen LogP contribution < -0.4 is 5.73 Å². The SMILES string of the molecule is CCCC(=C=O)CC(=C=O)C(N)=O. The third kappa shape index (κ3) is 4.06. The minimum atomic E-state index is -0.834. The molecule has 0 aliphatic rings. The number of carbonyl (C=O) groups is 1. The lowest BCUT2D eigenvalue weighted by Crippen LogP contribution is -2.15. The molecule has 0 aromatic rings. The highest BCUT2D eigenvalue weighted by atomic mass is 16.1. The fourth-order valence-electron chi connectivity index (χ4n) is 0.864. The third-order valence-corrected chi connectivity index (χ3v) is 1.51. The van der Waals surface area contributed by atoms with Crippen LogP contribution in [0, 0.1) is 0 Å². The lowest BCUT2D eigenvalue weighted by atomic mass is 10.0. The van der Waals surface area contributed by atoms with Crippen molar-refractivity contribution in [1.29, 1.82) is 0 Å². The highest BCUT2D eigenvalue weighted by molar-refractivity contribution is 6.00. The largest absolute Gasteiger partial charge is 0.365 e. The van der Waals surface area contributed by atoms with Gasteiger partial charge in [0.1, 0.15) is 17.5 Å². The first-order chi connectivity index (χ1) is 6.15. The van der Waals surface area contributed by atoms with Crippen LogP contribution in [-0.2, 0) is 14.4 Å². The summed E-state index contributed by atoms with van der Waals surface area (Å²) in [5, 5.41) is 0. The van der Waals surface area contributed by atoms with Crippen LogP contribution in [0.4, 0.5) is 0 Å². The summed E-state index contributed by atoms with van der Waals surface area (Å²) in [5.74, 6) is 2.26. The Balaban J connectivity index is 4.49. The Kier molecular flexibility index (Phi) is 5.20. The molecule has 1 amide bonds. The van der Waals surface area contributed by atoms with Crippen molar-refractivity contribution in [2.75, 3.05) is 0 Å². The van der Waals surface area contributed by atoms with Gasteiger partial charge in [-0.15, -0.1) is 0 Å². The van der Waals surface area contributed by atoms with Gasteiger partial charge in [0, 0.05) is 12.0 Å². The van der Waals surface area contributed by atoms with Crippen molar-refractivity contribution in [2.24, 2.45) is 5.73 Å². The molecule has 4 heteroatoms. The molecule has 2 N–H and O–H groups in total. The lowest BCUT2D eigenvalue weighted by Gasteiger charge is -1.98. The van der Waals surface area contributed by atoms with Crippen LogP contribution in [0.15, 0.2) is 11.1 Å². The van der Waals surface area contributed by atoms with Gasteiger partial charge in [-0.05, 0) is 6.42 Å². The van der Waals surface area contributed by atoms with Gasteiger partial charge in [-0.3, -0.25) is 4.79 Å². The van der Waals surface area contributed by atoms with E-state index in [2.05, 4.69) is 0 Å². The Hall–Kier alpha value is -1.63. The fraction of sp³-hybridized carbons (Fsp3) is 0.444. The molecule has 0 atom stereocenters. The van der Waals surface area contributed by atoms with Crippen LogP contribution in [0.3, 0.4) is 0 Å². The maximum atomic E-state index is 10.6. The van der Waals surface area contributed by atoms with Crippen molar-refractivity contribution >= 4 is 17.8 Å². The quantitative estimate of drug-likeness (QED) is 0.485. The monoisotopic (exact) mass is 181 g/mol. The molecular weight excluding hydrogens is 170 g/mol. The first kappa shape index (κ1) is 11.4. The fourth-order valence-corrected chi connectivity index (χ4v) is 0.864. The van der Waals surface area contributed by atoms with Crippen molar-refractivity contribution in [3.05, 3.63) is 11.1 Å². The first-order valence-corrected chi connectivity index (χ1v) is 3.92. The summed E-state index contributed by atoms with van der Waals surface area (Å²) in [7, 11) is 0. The number of hydrogen-bond acceptors (Lipinski definition) is 3. The highest BCUT2D eigenvalue weighted by Crippen LogP contribution is 2.10. The van der Waals surface area contributed by atoms with E-state index < -0.39 is 5.91 Å². The second kappa shape index (κ2) is 5.95. The molecule has 0 saturated carbocycles. The van der Waals surface area contributed by atoms with E-state index in [1.165, 1.54) is 5.94 Å². The summed E-state index contributed by atoms with van der Waals surface area (Å²) in [5.41, 5.74) is 5.04. The van der Waals surface area contributed by atoms with Gasteiger partial charge in [0.05, 0.1) is 0 Å². The van der Waals surface area contributed by atoms with E-state index >= 15 is 0 Å². The minimum Gasteiger partial charge on any atom is -0.365 e. The number of primary amides is 1. The van der Waals surface area contributed by atoms with Crippen LogP contribution in [0.2, 0.25) is 0 Å². The molecule has 0 aromatic carbocycles. The zero-order valence-corrected chi connectivity index (χ0v) is 7.42. The molecule has 0 unspecified atom stereocenters. The predicted molar refractivity (Wildman–Crippen MR) is 47.1 cm³/mol. The maximum Gasteiger partial charge on any atom is 0.256 e. The molecule has 13 heavy (non-hydrogen) atoms. The standard InChI is InChI=1S/C9H11NO3/c1-2-3-7(5-11)4-8(6-12)9(10)13/h2-4H2,1H3,(H2,10,13). The second-order valence-electron chi connectivity index (χ2n) is 2.58. The van der Waals surface area contributed by atoms with Crippen molar-refractivity contribution in [1.82, 2.24) is 0 Å². The molecule has 0 fully saturated rings. The van der Waals surface area contributed by atoms with Crippen molar-refractivity contribution in [3.63, 3.8) is 0 Å². The van der Waals surface area contributed by atoms with Gasteiger partial charge in [0.15, 0.2) is 0 Å². The summed E-state index contributed by atoms with van der Waals surface area (Å²) >= 11 is 0. The number of allylic oxidation sites excluding steroid dienone is 1. The van der Waals surface area contributed by atoms with E-state index in [1.54, 1.807) is 5.94 Å². The van der Waals surface area contributed by atoms with Crippen molar-refractivity contribution in [3.8, 4) is 0 Å². The number of hydrogen-bond donors (Lipinski definition) is 1. The Morgan fingerprint density at radius 3 is 2.23 bits per heavy atom. The zero-order chi connectivity index (χ0) is 10.3. The van der Waals surface area contributed by atoms with E-state index in [9.17, 15) is 14.4 Å². The molecular formula is C9H11NO3. The summed E-state index contributed by atoms with van der Waals surface area (Å²) in [6.07, 6.45) is 1.24. The number of carbonyl (C=O) groups excluding carboxylic acids is 3. The zero-order valence-electron chi connectivity index (χ0n) is 7.42. The van der Waals surface area contributed by atoms with E-state index in [-0.39, 0.29) is 12.0 Å². The summed E-state index contributed by atoms with van der Waals surface area (Å²) < 4.78 is 0. The second-order valence-corrected chi connectivity index (χ2v) is 2.58. The smallest absolute Gasteiger partial charge is 0.256 e. The molecule has 70 valence electrons. The van der Waals surface area contributed by atoms with Gasteiger partial charge >= 0.3 is 0 Å². The van der Waals surface area contributed by atoms with Crippen LogP contribution in [0.25, 0.3) is 0 Å². The van der Waals surface area contributed by atoms with Crippen LogP contribution in [0.1, 0.15) is 26.2 Å². The van der Waals surface area contributed by atoms with E-state index in [0.717, 1.165) is 6.42 Å². The molecule has 0 saturated heterocycles. The average molecular weight is 181 g/mol. The molecule has 0 rings (SSSR count). The van der Waals surface area contributed by atoms with Crippen LogP contribution >= 0.6 is 0 Å². The minimum absolute atomic E-state index is 0.0316.